The number of nitrogens with zero attached hydrogens (tertiary/aromatic N) is 4. The average molecular weight is 424 g/mol. The predicted octanol–water partition coefficient (Wildman–Crippen LogP) is 5.11. The Kier molecular flexibility index (Phi) is 7.06. The van der Waals surface area contributed by atoms with Crippen LogP contribution in [0.2, 0.25) is 10.0 Å². The van der Waals surface area contributed by atoms with Crippen molar-refractivity contribution in [1.29, 1.82) is 0 Å². The van der Waals surface area contributed by atoms with E-state index in [0.29, 0.717) is 33.9 Å². The molecule has 0 saturated carbocycles. The molecular formula is C19H20Cl2FN5O. The fourth-order valence-electron chi connectivity index (χ4n) is 2.61. The molecule has 0 saturated heterocycles. The second-order valence-corrected chi connectivity index (χ2v) is 7.02. The summed E-state index contributed by atoms with van der Waals surface area (Å²) in [4.78, 5) is 0. The number of hydrogen-bond donors (Lipinski definition) is 1. The van der Waals surface area contributed by atoms with E-state index in [4.69, 9.17) is 27.9 Å². The fraction of sp³-hybridized carbons (Fsp3) is 0.316. The van der Waals surface area contributed by atoms with Crippen LogP contribution in [0.15, 0.2) is 36.4 Å². The molecule has 28 heavy (non-hydrogen) atoms. The third-order valence-corrected chi connectivity index (χ3v) is 4.74. The van der Waals surface area contributed by atoms with Gasteiger partial charge in [0.15, 0.2) is 0 Å². The van der Waals surface area contributed by atoms with Gasteiger partial charge < -0.3 is 10.1 Å². The minimum atomic E-state index is -0.406. The number of aryl methyl sites for hydroxylation is 1. The number of benzene rings is 2. The van der Waals surface area contributed by atoms with E-state index in [-0.39, 0.29) is 6.61 Å². The lowest BCUT2D eigenvalue weighted by Crippen LogP contribution is -2.10. The van der Waals surface area contributed by atoms with E-state index in [2.05, 4.69) is 27.8 Å². The summed E-state index contributed by atoms with van der Waals surface area (Å²) in [6.45, 7) is 3.24. The molecule has 1 N–H and O–H groups in total. The molecule has 1 heterocycles. The number of aromatic nitrogens is 4. The van der Waals surface area contributed by atoms with Crippen molar-refractivity contribution in [2.75, 3.05) is 5.32 Å². The molecular weight excluding hydrogens is 404 g/mol. The zero-order valence-electron chi connectivity index (χ0n) is 15.3. The first-order valence-electron chi connectivity index (χ1n) is 8.92. The highest BCUT2D eigenvalue weighted by molar-refractivity contribution is 6.31. The van der Waals surface area contributed by atoms with Gasteiger partial charge in [-0.1, -0.05) is 47.7 Å². The summed E-state index contributed by atoms with van der Waals surface area (Å²) in [6.07, 6.45) is 2.03. The van der Waals surface area contributed by atoms with Crippen LogP contribution in [0.5, 0.6) is 5.75 Å². The zero-order valence-corrected chi connectivity index (χ0v) is 16.8. The lowest BCUT2D eigenvalue weighted by molar-refractivity contribution is 0.297. The van der Waals surface area contributed by atoms with Crippen LogP contribution in [0, 0.1) is 5.82 Å². The maximum atomic E-state index is 14.0. The SMILES string of the molecule is CCCCn1nnnc1NCc1cc(Cl)ccc1OCc1c(F)cccc1Cl. The second kappa shape index (κ2) is 9.71. The number of tetrazole rings is 1. The van der Waals surface area contributed by atoms with E-state index in [1.807, 2.05) is 0 Å². The minimum Gasteiger partial charge on any atom is -0.488 e. The molecule has 0 fully saturated rings. The highest BCUT2D eigenvalue weighted by atomic mass is 35.5. The van der Waals surface area contributed by atoms with Crippen LogP contribution in [0.1, 0.15) is 30.9 Å². The summed E-state index contributed by atoms with van der Waals surface area (Å²) in [5.41, 5.74) is 1.10. The summed E-state index contributed by atoms with van der Waals surface area (Å²) >= 11 is 12.2. The van der Waals surface area contributed by atoms with Crippen molar-refractivity contribution >= 4 is 29.2 Å². The van der Waals surface area contributed by atoms with Crippen LogP contribution in [-0.4, -0.2) is 20.2 Å². The number of anilines is 1. The molecule has 2 aromatic carbocycles. The van der Waals surface area contributed by atoms with Gasteiger partial charge in [-0.15, -0.1) is 0 Å². The van der Waals surface area contributed by atoms with Gasteiger partial charge in [-0.3, -0.25) is 0 Å². The van der Waals surface area contributed by atoms with Gasteiger partial charge in [0, 0.05) is 29.2 Å². The molecule has 1 aromatic heterocycles. The van der Waals surface area contributed by atoms with Crippen molar-refractivity contribution < 1.29 is 9.13 Å². The van der Waals surface area contributed by atoms with E-state index in [1.54, 1.807) is 35.0 Å². The summed E-state index contributed by atoms with van der Waals surface area (Å²) in [6, 6.07) is 9.78. The van der Waals surface area contributed by atoms with E-state index < -0.39 is 5.82 Å². The molecule has 0 aliphatic carbocycles. The van der Waals surface area contributed by atoms with Gasteiger partial charge in [-0.05, 0) is 47.2 Å². The van der Waals surface area contributed by atoms with E-state index in [1.165, 1.54) is 6.07 Å². The van der Waals surface area contributed by atoms with Crippen molar-refractivity contribution in [3.8, 4) is 5.75 Å². The smallest absolute Gasteiger partial charge is 0.243 e. The normalized spacial score (nSPS) is 10.9. The highest BCUT2D eigenvalue weighted by Crippen LogP contribution is 2.26. The van der Waals surface area contributed by atoms with Crippen LogP contribution in [0.25, 0.3) is 0 Å². The first-order valence-corrected chi connectivity index (χ1v) is 9.68. The van der Waals surface area contributed by atoms with Crippen molar-refractivity contribution in [3.63, 3.8) is 0 Å². The Morgan fingerprint density at radius 3 is 2.86 bits per heavy atom. The first kappa shape index (κ1) is 20.4. The molecule has 148 valence electrons. The van der Waals surface area contributed by atoms with Crippen molar-refractivity contribution in [2.45, 2.75) is 39.5 Å². The summed E-state index contributed by atoms with van der Waals surface area (Å²) in [5, 5.41) is 15.8. The lowest BCUT2D eigenvalue weighted by atomic mass is 10.2. The molecule has 9 heteroatoms. The molecule has 3 rings (SSSR count). The molecule has 6 nitrogen and oxygen atoms in total. The molecule has 0 unspecified atom stereocenters. The highest BCUT2D eigenvalue weighted by Gasteiger charge is 2.12. The van der Waals surface area contributed by atoms with Gasteiger partial charge in [0.05, 0.1) is 5.02 Å². The van der Waals surface area contributed by atoms with Crippen LogP contribution < -0.4 is 10.1 Å². The maximum Gasteiger partial charge on any atom is 0.243 e. The van der Waals surface area contributed by atoms with Gasteiger partial charge in [0.25, 0.3) is 0 Å². The van der Waals surface area contributed by atoms with Crippen LogP contribution in [0.4, 0.5) is 10.3 Å². The number of rotatable bonds is 9. The second-order valence-electron chi connectivity index (χ2n) is 6.17. The molecule has 0 spiro atoms. The molecule has 0 aliphatic rings. The Hall–Kier alpha value is -2.38. The molecule has 0 aliphatic heterocycles. The van der Waals surface area contributed by atoms with Crippen LogP contribution >= 0.6 is 23.2 Å². The van der Waals surface area contributed by atoms with Gasteiger partial charge in [-0.25, -0.2) is 9.07 Å². The Labute approximate surface area is 172 Å². The van der Waals surface area contributed by atoms with Crippen molar-refractivity contribution in [3.05, 3.63) is 63.4 Å². The van der Waals surface area contributed by atoms with Gasteiger partial charge >= 0.3 is 0 Å². The maximum absolute atomic E-state index is 14.0. The van der Waals surface area contributed by atoms with Crippen LogP contribution in [0.3, 0.4) is 0 Å². The number of ether oxygens (including phenoxy) is 1. The molecule has 0 bridgehead atoms. The van der Waals surface area contributed by atoms with E-state index in [9.17, 15) is 4.39 Å². The van der Waals surface area contributed by atoms with Gasteiger partial charge in [0.2, 0.25) is 5.95 Å². The molecule has 0 radical (unpaired) electrons. The largest absolute Gasteiger partial charge is 0.488 e. The van der Waals surface area contributed by atoms with Crippen molar-refractivity contribution in [1.82, 2.24) is 20.2 Å². The predicted molar refractivity (Wildman–Crippen MR) is 107 cm³/mol. The van der Waals surface area contributed by atoms with Crippen molar-refractivity contribution in [2.24, 2.45) is 0 Å². The Morgan fingerprint density at radius 2 is 2.07 bits per heavy atom. The minimum absolute atomic E-state index is 0.00831. The fourth-order valence-corrected chi connectivity index (χ4v) is 3.02. The number of unbranched alkanes of at least 4 members (excludes halogenated alkanes) is 1. The standard InChI is InChI=1S/C19H20Cl2FN5O/c1-2-3-9-27-19(24-25-26-27)23-11-13-10-14(20)7-8-18(13)28-12-15-16(21)5-4-6-17(15)22/h4-8,10H,2-3,9,11-12H2,1H3,(H,23,24,26). The van der Waals surface area contributed by atoms with Gasteiger partial charge in [-0.2, -0.15) is 0 Å². The number of nitrogens with one attached hydrogen (secondary N) is 1. The Morgan fingerprint density at radius 1 is 1.21 bits per heavy atom. The average Bonchev–Trinajstić information content (AvgIpc) is 3.13. The summed E-state index contributed by atoms with van der Waals surface area (Å²) in [5.74, 6) is 0.733. The number of halogens is 3. The third kappa shape index (κ3) is 5.11. The van der Waals surface area contributed by atoms with E-state index in [0.717, 1.165) is 24.9 Å². The first-order chi connectivity index (χ1) is 13.6. The molecule has 3 aromatic rings. The topological polar surface area (TPSA) is 64.9 Å². The van der Waals surface area contributed by atoms with Gasteiger partial charge in [0.1, 0.15) is 18.2 Å². The van der Waals surface area contributed by atoms with E-state index >= 15 is 0 Å². The quantitative estimate of drug-likeness (QED) is 0.517. The molecule has 0 amide bonds. The zero-order chi connectivity index (χ0) is 19.9. The lowest BCUT2D eigenvalue weighted by Gasteiger charge is -2.14. The third-order valence-electron chi connectivity index (χ3n) is 4.15. The summed E-state index contributed by atoms with van der Waals surface area (Å²) < 4.78 is 21.5. The monoisotopic (exact) mass is 423 g/mol. The Balaban J connectivity index is 1.72. The molecule has 0 atom stereocenters. The number of hydrogen-bond acceptors (Lipinski definition) is 5. The van der Waals surface area contributed by atoms with Crippen LogP contribution in [-0.2, 0) is 19.7 Å². The Bertz CT molecular complexity index is 914. The summed E-state index contributed by atoms with van der Waals surface area (Å²) in [7, 11) is 0.